The minimum atomic E-state index is 0.157. The topological polar surface area (TPSA) is 102 Å². The second kappa shape index (κ2) is 8.06. The first-order valence-corrected chi connectivity index (χ1v) is 9.76. The Labute approximate surface area is 159 Å². The average molecular weight is 368 g/mol. The smallest absolute Gasteiger partial charge is 0.241 e. The normalized spacial score (nSPS) is 20.0. The van der Waals surface area contributed by atoms with Crippen LogP contribution in [0.5, 0.6) is 0 Å². The Morgan fingerprint density at radius 3 is 2.48 bits per heavy atom. The van der Waals surface area contributed by atoms with Gasteiger partial charge in [-0.15, -0.1) is 5.10 Å². The van der Waals surface area contributed by atoms with E-state index in [1.165, 1.54) is 56.5 Å². The van der Waals surface area contributed by atoms with Crippen LogP contribution in [-0.2, 0) is 0 Å². The Morgan fingerprint density at radius 2 is 1.85 bits per heavy atom. The zero-order chi connectivity index (χ0) is 18.6. The fourth-order valence-electron chi connectivity index (χ4n) is 4.05. The number of nitrogens with two attached hydrogens (primary N) is 2. The Hall–Kier alpha value is -2.45. The zero-order valence-corrected chi connectivity index (χ0v) is 15.7. The predicted octanol–water partition coefficient (Wildman–Crippen LogP) is 1.40. The van der Waals surface area contributed by atoms with Crippen molar-refractivity contribution in [1.29, 1.82) is 0 Å². The minimum Gasteiger partial charge on any atom is -0.368 e. The van der Waals surface area contributed by atoms with Crippen molar-refractivity contribution in [3.63, 3.8) is 0 Å². The fourth-order valence-corrected chi connectivity index (χ4v) is 4.05. The maximum Gasteiger partial charge on any atom is 0.241 e. The van der Waals surface area contributed by atoms with Gasteiger partial charge in [0.2, 0.25) is 11.9 Å². The summed E-state index contributed by atoms with van der Waals surface area (Å²) in [5.74, 6) is 0.417. The number of pyridine rings is 1. The standard InChI is InChI=1S/C19H28N8/c20-18-23-19(21)27(24-18)17-6-5-15(22-14-17)4-3-9-25-12-7-16(8-13-25)26-10-1-2-11-26/h3-6,14,16H,1-2,7-13H2,(H4,20,21,23,24)/b4-3+. The van der Waals surface area contributed by atoms with E-state index < -0.39 is 0 Å². The van der Waals surface area contributed by atoms with Crippen molar-refractivity contribution in [2.24, 2.45) is 0 Å². The van der Waals surface area contributed by atoms with E-state index in [-0.39, 0.29) is 11.9 Å². The molecule has 144 valence electrons. The van der Waals surface area contributed by atoms with Crippen molar-refractivity contribution in [3.8, 4) is 5.69 Å². The van der Waals surface area contributed by atoms with E-state index in [2.05, 4.69) is 37.0 Å². The van der Waals surface area contributed by atoms with E-state index in [0.717, 1.165) is 24.0 Å². The molecule has 4 rings (SSSR count). The number of anilines is 2. The third kappa shape index (κ3) is 4.28. The summed E-state index contributed by atoms with van der Waals surface area (Å²) in [5, 5.41) is 4.06. The maximum absolute atomic E-state index is 5.78. The molecule has 0 saturated carbocycles. The van der Waals surface area contributed by atoms with Gasteiger partial charge in [-0.2, -0.15) is 9.67 Å². The largest absolute Gasteiger partial charge is 0.368 e. The van der Waals surface area contributed by atoms with Crippen molar-refractivity contribution in [1.82, 2.24) is 29.5 Å². The first-order valence-electron chi connectivity index (χ1n) is 9.76. The first kappa shape index (κ1) is 17.9. The SMILES string of the molecule is Nc1nc(N)n(-c2ccc(/C=C/CN3CCC(N4CCCC4)CC3)nc2)n1. The summed E-state index contributed by atoms with van der Waals surface area (Å²) in [4.78, 5) is 13.6. The monoisotopic (exact) mass is 368 g/mol. The Balaban J connectivity index is 1.27. The van der Waals surface area contributed by atoms with Gasteiger partial charge in [-0.3, -0.25) is 9.88 Å². The highest BCUT2D eigenvalue weighted by Crippen LogP contribution is 2.21. The molecule has 4 N–H and O–H groups in total. The number of aromatic nitrogens is 4. The lowest BCUT2D eigenvalue weighted by atomic mass is 10.0. The van der Waals surface area contributed by atoms with Crippen LogP contribution in [0.2, 0.25) is 0 Å². The van der Waals surface area contributed by atoms with Gasteiger partial charge in [0, 0.05) is 12.6 Å². The van der Waals surface area contributed by atoms with Crippen LogP contribution in [0.15, 0.2) is 24.4 Å². The third-order valence-electron chi connectivity index (χ3n) is 5.53. The molecule has 2 saturated heterocycles. The van der Waals surface area contributed by atoms with E-state index in [9.17, 15) is 0 Å². The molecule has 0 radical (unpaired) electrons. The lowest BCUT2D eigenvalue weighted by molar-refractivity contribution is 0.135. The Kier molecular flexibility index (Phi) is 5.35. The number of likely N-dealkylation sites (tertiary alicyclic amines) is 2. The van der Waals surface area contributed by atoms with Crippen LogP contribution in [0.4, 0.5) is 11.9 Å². The molecule has 0 amide bonds. The molecule has 2 aliphatic rings. The van der Waals surface area contributed by atoms with E-state index in [4.69, 9.17) is 11.5 Å². The van der Waals surface area contributed by atoms with Gasteiger partial charge in [0.15, 0.2) is 0 Å². The van der Waals surface area contributed by atoms with E-state index in [0.29, 0.717) is 0 Å². The molecule has 27 heavy (non-hydrogen) atoms. The number of hydrogen-bond acceptors (Lipinski definition) is 7. The van der Waals surface area contributed by atoms with E-state index >= 15 is 0 Å². The maximum atomic E-state index is 5.78. The molecule has 0 aliphatic carbocycles. The van der Waals surface area contributed by atoms with Crippen LogP contribution in [0.1, 0.15) is 31.4 Å². The Morgan fingerprint density at radius 1 is 1.07 bits per heavy atom. The highest BCUT2D eigenvalue weighted by Gasteiger charge is 2.25. The van der Waals surface area contributed by atoms with Crippen molar-refractivity contribution in [3.05, 3.63) is 30.1 Å². The van der Waals surface area contributed by atoms with E-state index in [1.807, 2.05) is 12.1 Å². The van der Waals surface area contributed by atoms with Gasteiger partial charge in [-0.25, -0.2) is 0 Å². The molecule has 2 fully saturated rings. The molecule has 8 heteroatoms. The average Bonchev–Trinajstić information content (AvgIpc) is 3.33. The van der Waals surface area contributed by atoms with Gasteiger partial charge < -0.3 is 16.4 Å². The predicted molar refractivity (Wildman–Crippen MR) is 107 cm³/mol. The number of piperidine rings is 1. The molecule has 2 aromatic heterocycles. The molecular weight excluding hydrogens is 340 g/mol. The van der Waals surface area contributed by atoms with Crippen LogP contribution in [0, 0.1) is 0 Å². The lowest BCUT2D eigenvalue weighted by Gasteiger charge is -2.36. The van der Waals surface area contributed by atoms with Crippen molar-refractivity contribution >= 4 is 18.0 Å². The summed E-state index contributed by atoms with van der Waals surface area (Å²) in [6, 6.07) is 4.67. The molecule has 0 bridgehead atoms. The summed E-state index contributed by atoms with van der Waals surface area (Å²) in [6.45, 7) is 5.95. The van der Waals surface area contributed by atoms with E-state index in [1.54, 1.807) is 6.20 Å². The molecule has 4 heterocycles. The van der Waals surface area contributed by atoms with Crippen LogP contribution < -0.4 is 11.5 Å². The molecule has 0 spiro atoms. The summed E-state index contributed by atoms with van der Waals surface area (Å²) in [6.07, 6.45) is 11.3. The minimum absolute atomic E-state index is 0.157. The molecule has 0 aromatic carbocycles. The van der Waals surface area contributed by atoms with Gasteiger partial charge >= 0.3 is 0 Å². The summed E-state index contributed by atoms with van der Waals surface area (Å²) in [7, 11) is 0. The van der Waals surface area contributed by atoms with Crippen molar-refractivity contribution in [2.45, 2.75) is 31.7 Å². The van der Waals surface area contributed by atoms with Crippen molar-refractivity contribution < 1.29 is 0 Å². The highest BCUT2D eigenvalue weighted by atomic mass is 15.4. The second-order valence-corrected chi connectivity index (χ2v) is 7.36. The van der Waals surface area contributed by atoms with Gasteiger partial charge in [-0.1, -0.05) is 6.08 Å². The van der Waals surface area contributed by atoms with Gasteiger partial charge in [0.1, 0.15) is 0 Å². The zero-order valence-electron chi connectivity index (χ0n) is 15.7. The number of hydrogen-bond donors (Lipinski definition) is 2. The first-order chi connectivity index (χ1) is 13.2. The highest BCUT2D eigenvalue weighted by molar-refractivity contribution is 5.48. The Bertz CT molecular complexity index is 768. The van der Waals surface area contributed by atoms with Crippen LogP contribution >= 0.6 is 0 Å². The second-order valence-electron chi connectivity index (χ2n) is 7.36. The van der Waals surface area contributed by atoms with Crippen LogP contribution in [0.25, 0.3) is 11.8 Å². The number of nitrogens with zero attached hydrogens (tertiary/aromatic N) is 6. The molecule has 8 nitrogen and oxygen atoms in total. The van der Waals surface area contributed by atoms with Crippen molar-refractivity contribution in [2.75, 3.05) is 44.2 Å². The molecular formula is C19H28N8. The summed E-state index contributed by atoms with van der Waals surface area (Å²) < 4.78 is 1.49. The lowest BCUT2D eigenvalue weighted by Crippen LogP contribution is -2.43. The third-order valence-corrected chi connectivity index (χ3v) is 5.53. The van der Waals surface area contributed by atoms with Gasteiger partial charge in [-0.05, 0) is 70.1 Å². The van der Waals surface area contributed by atoms with Crippen LogP contribution in [0.3, 0.4) is 0 Å². The molecule has 2 aromatic rings. The molecule has 0 atom stereocenters. The number of rotatable bonds is 5. The molecule has 2 aliphatic heterocycles. The molecule has 0 unspecified atom stereocenters. The van der Waals surface area contributed by atoms with Gasteiger partial charge in [0.05, 0.1) is 17.6 Å². The van der Waals surface area contributed by atoms with Gasteiger partial charge in [0.25, 0.3) is 0 Å². The van der Waals surface area contributed by atoms with Crippen LogP contribution in [-0.4, -0.2) is 68.3 Å². The fraction of sp³-hybridized carbons (Fsp3) is 0.526. The quantitative estimate of drug-likeness (QED) is 0.822. The number of nitrogen functional groups attached to an aromatic ring is 2. The summed E-state index contributed by atoms with van der Waals surface area (Å²) >= 11 is 0. The summed E-state index contributed by atoms with van der Waals surface area (Å²) in [5.41, 5.74) is 13.0.